The molecule has 1 aromatic carbocycles. The quantitative estimate of drug-likeness (QED) is 0.723. The molecular formula is C13H16N2O. The number of rotatable bonds is 4. The van der Waals surface area contributed by atoms with E-state index in [-0.39, 0.29) is 0 Å². The molecule has 0 N–H and O–H groups in total. The minimum Gasteiger partial charge on any atom is -0.329 e. The van der Waals surface area contributed by atoms with Gasteiger partial charge in [-0.2, -0.15) is 5.26 Å². The Morgan fingerprint density at radius 3 is 2.38 bits per heavy atom. The van der Waals surface area contributed by atoms with Crippen LogP contribution in [0.3, 0.4) is 0 Å². The number of amides is 1. The maximum Gasteiger partial charge on any atom is 0.325 e. The van der Waals surface area contributed by atoms with E-state index in [1.54, 1.807) is 13.1 Å². The number of carbonyl (C=O) groups is 1. The van der Waals surface area contributed by atoms with Crippen LogP contribution in [0.4, 0.5) is 0 Å². The molecule has 0 atom stereocenters. The second-order valence-corrected chi connectivity index (χ2v) is 3.84. The Morgan fingerprint density at radius 1 is 1.31 bits per heavy atom. The molecule has 0 fully saturated rings. The summed E-state index contributed by atoms with van der Waals surface area (Å²) in [6.45, 7) is 2.63. The molecule has 0 aliphatic heterocycles. The fourth-order valence-electron chi connectivity index (χ4n) is 1.53. The van der Waals surface area contributed by atoms with E-state index in [0.29, 0.717) is 6.54 Å². The summed E-state index contributed by atoms with van der Waals surface area (Å²) in [4.78, 5) is 12.5. The van der Waals surface area contributed by atoms with Crippen LogP contribution >= 0.6 is 0 Å². The molecule has 0 aliphatic rings. The number of nitriles is 1. The van der Waals surface area contributed by atoms with Crippen molar-refractivity contribution in [2.24, 2.45) is 0 Å². The third-order valence-electron chi connectivity index (χ3n) is 2.42. The molecule has 0 aliphatic carbocycles. The van der Waals surface area contributed by atoms with Gasteiger partial charge in [-0.25, -0.2) is 0 Å². The number of hydrogen-bond acceptors (Lipinski definition) is 2. The third kappa shape index (κ3) is 3.39. The van der Waals surface area contributed by atoms with Gasteiger partial charge in [0.05, 0.1) is 0 Å². The van der Waals surface area contributed by atoms with Gasteiger partial charge in [0.1, 0.15) is 0 Å². The Labute approximate surface area is 96.3 Å². The van der Waals surface area contributed by atoms with Gasteiger partial charge >= 0.3 is 5.91 Å². The standard InChI is InChI=1S/C13H16N2O/c1-3-4-11-5-7-12(8-6-11)10-15(2)13(16)9-14/h5-8H,3-4,10H2,1-2H3. The molecule has 0 aromatic heterocycles. The summed E-state index contributed by atoms with van der Waals surface area (Å²) in [5.74, 6) is -0.502. The minimum atomic E-state index is -0.502. The topological polar surface area (TPSA) is 44.1 Å². The van der Waals surface area contributed by atoms with E-state index in [0.717, 1.165) is 18.4 Å². The van der Waals surface area contributed by atoms with Crippen molar-refractivity contribution in [2.75, 3.05) is 7.05 Å². The van der Waals surface area contributed by atoms with Gasteiger partial charge in [0, 0.05) is 13.6 Å². The van der Waals surface area contributed by atoms with Crippen LogP contribution in [0.1, 0.15) is 24.5 Å². The number of carbonyl (C=O) groups excluding carboxylic acids is 1. The summed E-state index contributed by atoms with van der Waals surface area (Å²) in [7, 11) is 1.63. The zero-order valence-electron chi connectivity index (χ0n) is 9.73. The SMILES string of the molecule is CCCc1ccc(CN(C)C(=O)C#N)cc1. The molecule has 1 amide bonds. The van der Waals surface area contributed by atoms with Crippen LogP contribution in [0.15, 0.2) is 24.3 Å². The molecule has 0 heterocycles. The van der Waals surface area contributed by atoms with Crippen LogP contribution in [0, 0.1) is 11.3 Å². The predicted molar refractivity (Wildman–Crippen MR) is 62.5 cm³/mol. The fraction of sp³-hybridized carbons (Fsp3) is 0.385. The van der Waals surface area contributed by atoms with Gasteiger partial charge in [0.15, 0.2) is 6.07 Å². The summed E-state index contributed by atoms with van der Waals surface area (Å²) in [5, 5.41) is 8.46. The van der Waals surface area contributed by atoms with Crippen molar-refractivity contribution >= 4 is 5.91 Å². The molecule has 1 rings (SSSR count). The minimum absolute atomic E-state index is 0.485. The number of nitrogens with zero attached hydrogens (tertiary/aromatic N) is 2. The molecule has 0 radical (unpaired) electrons. The van der Waals surface area contributed by atoms with Gasteiger partial charge in [-0.3, -0.25) is 4.79 Å². The molecule has 0 saturated heterocycles. The van der Waals surface area contributed by atoms with E-state index in [4.69, 9.17) is 5.26 Å². The largest absolute Gasteiger partial charge is 0.329 e. The predicted octanol–water partition coefficient (Wildman–Crippen LogP) is 2.12. The Kier molecular flexibility index (Phi) is 4.53. The lowest BCUT2D eigenvalue weighted by atomic mass is 10.1. The average molecular weight is 216 g/mol. The Morgan fingerprint density at radius 2 is 1.88 bits per heavy atom. The summed E-state index contributed by atoms with van der Waals surface area (Å²) in [6, 6.07) is 9.76. The second-order valence-electron chi connectivity index (χ2n) is 3.84. The van der Waals surface area contributed by atoms with Crippen molar-refractivity contribution < 1.29 is 4.79 Å². The van der Waals surface area contributed by atoms with Crippen LogP contribution in [0.25, 0.3) is 0 Å². The lowest BCUT2D eigenvalue weighted by Gasteiger charge is -2.13. The molecule has 0 bridgehead atoms. The molecule has 16 heavy (non-hydrogen) atoms. The molecule has 3 heteroatoms. The van der Waals surface area contributed by atoms with Crippen LogP contribution in [0.2, 0.25) is 0 Å². The Bertz CT molecular complexity index is 389. The van der Waals surface area contributed by atoms with Crippen molar-refractivity contribution in [1.82, 2.24) is 4.90 Å². The van der Waals surface area contributed by atoms with E-state index >= 15 is 0 Å². The first-order chi connectivity index (χ1) is 7.67. The monoisotopic (exact) mass is 216 g/mol. The van der Waals surface area contributed by atoms with Crippen molar-refractivity contribution in [3.8, 4) is 6.07 Å². The van der Waals surface area contributed by atoms with Crippen molar-refractivity contribution in [3.05, 3.63) is 35.4 Å². The molecule has 0 saturated carbocycles. The normalized spacial score (nSPS) is 9.56. The third-order valence-corrected chi connectivity index (χ3v) is 2.42. The van der Waals surface area contributed by atoms with Gasteiger partial charge in [-0.1, -0.05) is 37.6 Å². The highest BCUT2D eigenvalue weighted by Gasteiger charge is 2.06. The van der Waals surface area contributed by atoms with E-state index in [2.05, 4.69) is 19.1 Å². The number of aryl methyl sites for hydroxylation is 1. The van der Waals surface area contributed by atoms with Crippen LogP contribution in [0.5, 0.6) is 0 Å². The molecule has 3 nitrogen and oxygen atoms in total. The fourth-order valence-corrected chi connectivity index (χ4v) is 1.53. The van der Waals surface area contributed by atoms with Crippen molar-refractivity contribution in [2.45, 2.75) is 26.3 Å². The van der Waals surface area contributed by atoms with Gasteiger partial charge in [0.25, 0.3) is 0 Å². The number of hydrogen-bond donors (Lipinski definition) is 0. The van der Waals surface area contributed by atoms with Gasteiger partial charge < -0.3 is 4.90 Å². The van der Waals surface area contributed by atoms with Crippen LogP contribution in [-0.2, 0) is 17.8 Å². The lowest BCUT2D eigenvalue weighted by molar-refractivity contribution is -0.124. The molecule has 84 valence electrons. The summed E-state index contributed by atoms with van der Waals surface area (Å²) < 4.78 is 0. The molecule has 1 aromatic rings. The second kappa shape index (κ2) is 5.92. The van der Waals surface area contributed by atoms with Gasteiger partial charge in [-0.05, 0) is 17.5 Å². The van der Waals surface area contributed by atoms with E-state index < -0.39 is 5.91 Å². The van der Waals surface area contributed by atoms with E-state index in [1.807, 2.05) is 12.1 Å². The summed E-state index contributed by atoms with van der Waals surface area (Å²) in [5.41, 5.74) is 2.35. The molecule has 0 spiro atoms. The zero-order valence-corrected chi connectivity index (χ0v) is 9.73. The van der Waals surface area contributed by atoms with E-state index in [1.165, 1.54) is 10.5 Å². The molecule has 0 unspecified atom stereocenters. The van der Waals surface area contributed by atoms with Crippen LogP contribution < -0.4 is 0 Å². The highest BCUT2D eigenvalue weighted by molar-refractivity contribution is 5.90. The van der Waals surface area contributed by atoms with Crippen molar-refractivity contribution in [1.29, 1.82) is 5.26 Å². The van der Waals surface area contributed by atoms with Crippen LogP contribution in [-0.4, -0.2) is 17.9 Å². The first-order valence-electron chi connectivity index (χ1n) is 5.40. The highest BCUT2D eigenvalue weighted by Crippen LogP contribution is 2.08. The maximum atomic E-state index is 11.1. The Hall–Kier alpha value is -1.82. The smallest absolute Gasteiger partial charge is 0.325 e. The van der Waals surface area contributed by atoms with Gasteiger partial charge in [-0.15, -0.1) is 0 Å². The number of benzene rings is 1. The average Bonchev–Trinajstić information content (AvgIpc) is 2.31. The summed E-state index contributed by atoms with van der Waals surface area (Å²) >= 11 is 0. The first kappa shape index (κ1) is 12.3. The zero-order chi connectivity index (χ0) is 12.0. The summed E-state index contributed by atoms with van der Waals surface area (Å²) in [6.07, 6.45) is 2.21. The molecular weight excluding hydrogens is 200 g/mol. The lowest BCUT2D eigenvalue weighted by Crippen LogP contribution is -2.24. The highest BCUT2D eigenvalue weighted by atomic mass is 16.2. The maximum absolute atomic E-state index is 11.1. The van der Waals surface area contributed by atoms with E-state index in [9.17, 15) is 4.79 Å². The van der Waals surface area contributed by atoms with Crippen molar-refractivity contribution in [3.63, 3.8) is 0 Å². The first-order valence-corrected chi connectivity index (χ1v) is 5.40. The van der Waals surface area contributed by atoms with Gasteiger partial charge in [0.2, 0.25) is 0 Å². The Balaban J connectivity index is 2.62.